The topological polar surface area (TPSA) is 110 Å². The summed E-state index contributed by atoms with van der Waals surface area (Å²) in [5, 5.41) is 14.3. The summed E-state index contributed by atoms with van der Waals surface area (Å²) in [5.41, 5.74) is 4.19. The standard InChI is InChI=1S/C34H32N4O5/c1-21-7-12-29(30(39)35-21)38-32(41)26-11-10-24(18-28(26)33(38)42)34(43)13-15-36(16-14-34)19-22-8-9-23-20-37(31(40)27(23)17-22)25-5-3-2-4-6-25/h2-6,8-11,17-18,29,43H,1,7,12-16,19-20H2,(H,35,39). The van der Waals surface area contributed by atoms with Gasteiger partial charge < -0.3 is 15.3 Å². The maximum atomic E-state index is 13.3. The quantitative estimate of drug-likeness (QED) is 0.448. The molecule has 0 aromatic heterocycles. The van der Waals surface area contributed by atoms with Crippen molar-refractivity contribution in [2.75, 3.05) is 18.0 Å². The van der Waals surface area contributed by atoms with Crippen molar-refractivity contribution in [2.45, 2.75) is 50.4 Å². The first-order valence-electron chi connectivity index (χ1n) is 14.7. The van der Waals surface area contributed by atoms with Crippen LogP contribution >= 0.6 is 0 Å². The number of hydrogen-bond acceptors (Lipinski definition) is 6. The maximum Gasteiger partial charge on any atom is 0.262 e. The SMILES string of the molecule is C=C1CCC(N2C(=O)c3ccc(C4(O)CCN(Cc5ccc6c(c5)C(=O)N(c5ccccc5)C6)CC4)cc3C2=O)C(=O)N1. The molecule has 218 valence electrons. The maximum absolute atomic E-state index is 13.3. The van der Waals surface area contributed by atoms with Crippen LogP contribution in [-0.4, -0.2) is 57.7 Å². The Bertz CT molecular complexity index is 1690. The largest absolute Gasteiger partial charge is 0.385 e. The number of anilines is 1. The van der Waals surface area contributed by atoms with Gasteiger partial charge in [-0.3, -0.25) is 29.0 Å². The number of allylic oxidation sites excluding steroid dienone is 1. The highest BCUT2D eigenvalue weighted by Crippen LogP contribution is 2.37. The molecule has 4 amide bonds. The van der Waals surface area contributed by atoms with Gasteiger partial charge in [-0.05, 0) is 72.7 Å². The Morgan fingerprint density at radius 3 is 2.35 bits per heavy atom. The summed E-state index contributed by atoms with van der Waals surface area (Å²) in [6.07, 6.45) is 1.75. The average molecular weight is 577 g/mol. The smallest absolute Gasteiger partial charge is 0.262 e. The fourth-order valence-corrected chi connectivity index (χ4v) is 6.73. The summed E-state index contributed by atoms with van der Waals surface area (Å²) in [6.45, 7) is 6.23. The number of rotatable bonds is 5. The van der Waals surface area contributed by atoms with E-state index in [0.717, 1.165) is 27.3 Å². The lowest BCUT2D eigenvalue weighted by atomic mass is 9.83. The van der Waals surface area contributed by atoms with Crippen molar-refractivity contribution in [2.24, 2.45) is 0 Å². The number of imide groups is 1. The minimum absolute atomic E-state index is 0.00819. The molecular formula is C34H32N4O5. The minimum atomic E-state index is -1.15. The second-order valence-electron chi connectivity index (χ2n) is 11.9. The van der Waals surface area contributed by atoms with E-state index in [4.69, 9.17) is 0 Å². The number of aliphatic hydroxyl groups is 1. The van der Waals surface area contributed by atoms with E-state index >= 15 is 0 Å². The molecule has 9 nitrogen and oxygen atoms in total. The van der Waals surface area contributed by atoms with Crippen molar-refractivity contribution in [1.82, 2.24) is 15.1 Å². The van der Waals surface area contributed by atoms with Crippen LogP contribution in [0.3, 0.4) is 0 Å². The Morgan fingerprint density at radius 2 is 1.60 bits per heavy atom. The van der Waals surface area contributed by atoms with Gasteiger partial charge in [-0.15, -0.1) is 0 Å². The van der Waals surface area contributed by atoms with Gasteiger partial charge in [0.05, 0.1) is 23.3 Å². The van der Waals surface area contributed by atoms with Crippen LogP contribution in [0.15, 0.2) is 79.0 Å². The lowest BCUT2D eigenvalue weighted by Gasteiger charge is -2.38. The molecule has 2 fully saturated rings. The van der Waals surface area contributed by atoms with Gasteiger partial charge in [0.25, 0.3) is 17.7 Å². The molecule has 3 aromatic rings. The molecule has 3 aromatic carbocycles. The average Bonchev–Trinajstić information content (AvgIpc) is 3.47. The van der Waals surface area contributed by atoms with E-state index in [9.17, 15) is 24.3 Å². The Hall–Kier alpha value is -4.60. The van der Waals surface area contributed by atoms with Crippen LogP contribution in [-0.2, 0) is 23.5 Å². The van der Waals surface area contributed by atoms with Crippen molar-refractivity contribution in [3.05, 3.63) is 112 Å². The van der Waals surface area contributed by atoms with E-state index in [-0.39, 0.29) is 17.0 Å². The fourth-order valence-electron chi connectivity index (χ4n) is 6.73. The van der Waals surface area contributed by atoms with Gasteiger partial charge in [-0.25, -0.2) is 0 Å². The van der Waals surface area contributed by atoms with Gasteiger partial charge in [0.15, 0.2) is 0 Å². The predicted octanol–water partition coefficient (Wildman–Crippen LogP) is 3.72. The van der Waals surface area contributed by atoms with Crippen molar-refractivity contribution in [3.63, 3.8) is 0 Å². The summed E-state index contributed by atoms with van der Waals surface area (Å²) in [5.74, 6) is -1.39. The van der Waals surface area contributed by atoms with Crippen LogP contribution in [0.25, 0.3) is 0 Å². The fraction of sp³-hybridized carbons (Fsp3) is 0.294. The minimum Gasteiger partial charge on any atom is -0.385 e. The predicted molar refractivity (Wildman–Crippen MR) is 159 cm³/mol. The highest BCUT2D eigenvalue weighted by molar-refractivity contribution is 6.23. The number of carbonyl (C=O) groups is 4. The summed E-state index contributed by atoms with van der Waals surface area (Å²) >= 11 is 0. The third-order valence-corrected chi connectivity index (χ3v) is 9.22. The summed E-state index contributed by atoms with van der Waals surface area (Å²) in [4.78, 5) is 57.2. The van der Waals surface area contributed by atoms with Crippen molar-refractivity contribution in [1.29, 1.82) is 0 Å². The second kappa shape index (κ2) is 10.3. The first kappa shape index (κ1) is 27.2. The zero-order chi connectivity index (χ0) is 29.9. The molecule has 2 saturated heterocycles. The number of nitrogens with zero attached hydrogens (tertiary/aromatic N) is 3. The lowest BCUT2D eigenvalue weighted by molar-refractivity contribution is -0.125. The molecule has 0 radical (unpaired) electrons. The van der Waals surface area contributed by atoms with Crippen LogP contribution < -0.4 is 10.2 Å². The van der Waals surface area contributed by atoms with E-state index in [1.54, 1.807) is 23.1 Å². The molecule has 1 atom stereocenters. The van der Waals surface area contributed by atoms with E-state index in [0.29, 0.717) is 63.1 Å². The number of fused-ring (bicyclic) bond motifs is 2. The van der Waals surface area contributed by atoms with Gasteiger partial charge in [0.1, 0.15) is 6.04 Å². The van der Waals surface area contributed by atoms with Crippen molar-refractivity contribution < 1.29 is 24.3 Å². The van der Waals surface area contributed by atoms with Gasteiger partial charge in [-0.1, -0.05) is 43.0 Å². The Labute approximate surface area is 249 Å². The van der Waals surface area contributed by atoms with Crippen LogP contribution in [0.1, 0.15) is 73.4 Å². The highest BCUT2D eigenvalue weighted by atomic mass is 16.3. The molecular weight excluding hydrogens is 544 g/mol. The highest BCUT2D eigenvalue weighted by Gasteiger charge is 2.45. The first-order valence-corrected chi connectivity index (χ1v) is 14.7. The number of benzene rings is 3. The molecule has 0 aliphatic carbocycles. The normalized spacial score (nSPS) is 21.7. The van der Waals surface area contributed by atoms with Gasteiger partial charge in [0.2, 0.25) is 5.91 Å². The summed E-state index contributed by atoms with van der Waals surface area (Å²) in [7, 11) is 0. The van der Waals surface area contributed by atoms with E-state index in [1.165, 1.54) is 0 Å². The van der Waals surface area contributed by atoms with E-state index in [1.807, 2.05) is 42.5 Å². The van der Waals surface area contributed by atoms with Crippen LogP contribution in [0.2, 0.25) is 0 Å². The Morgan fingerprint density at radius 1 is 0.860 bits per heavy atom. The molecule has 0 saturated carbocycles. The molecule has 4 aliphatic rings. The number of piperidine rings is 2. The molecule has 0 spiro atoms. The zero-order valence-electron chi connectivity index (χ0n) is 23.7. The molecule has 4 heterocycles. The molecule has 7 rings (SSSR count). The van der Waals surface area contributed by atoms with Crippen molar-refractivity contribution in [3.8, 4) is 0 Å². The molecule has 0 bridgehead atoms. The Balaban J connectivity index is 1.02. The zero-order valence-corrected chi connectivity index (χ0v) is 23.7. The monoisotopic (exact) mass is 576 g/mol. The number of likely N-dealkylation sites (tertiary alicyclic amines) is 1. The number of nitrogens with one attached hydrogen (secondary N) is 1. The van der Waals surface area contributed by atoms with Crippen LogP contribution in [0.4, 0.5) is 5.69 Å². The summed E-state index contributed by atoms with van der Waals surface area (Å²) in [6, 6.07) is 19.8. The first-order chi connectivity index (χ1) is 20.7. The number of para-hydroxylation sites is 1. The number of hydrogen-bond donors (Lipinski definition) is 2. The van der Waals surface area contributed by atoms with Crippen LogP contribution in [0, 0.1) is 0 Å². The molecule has 2 N–H and O–H groups in total. The number of amides is 4. The van der Waals surface area contributed by atoms with Crippen molar-refractivity contribution >= 4 is 29.3 Å². The molecule has 1 unspecified atom stereocenters. The molecule has 4 aliphatic heterocycles. The molecule has 9 heteroatoms. The molecule has 43 heavy (non-hydrogen) atoms. The third kappa shape index (κ3) is 4.65. The van der Waals surface area contributed by atoms with Gasteiger partial charge in [-0.2, -0.15) is 0 Å². The number of carbonyl (C=O) groups excluding carboxylic acids is 4. The Kier molecular flexibility index (Phi) is 6.52. The summed E-state index contributed by atoms with van der Waals surface area (Å²) < 4.78 is 0. The third-order valence-electron chi connectivity index (χ3n) is 9.22. The lowest BCUT2D eigenvalue weighted by Crippen LogP contribution is -2.51. The van der Waals surface area contributed by atoms with Gasteiger partial charge in [0, 0.05) is 36.6 Å². The van der Waals surface area contributed by atoms with E-state index < -0.39 is 29.4 Å². The van der Waals surface area contributed by atoms with Crippen LogP contribution in [0.5, 0.6) is 0 Å². The van der Waals surface area contributed by atoms with Gasteiger partial charge >= 0.3 is 0 Å². The van der Waals surface area contributed by atoms with E-state index in [2.05, 4.69) is 22.9 Å². The second-order valence-corrected chi connectivity index (χ2v) is 11.9.